The molecule has 22 heavy (non-hydrogen) atoms. The Morgan fingerprint density at radius 2 is 1.95 bits per heavy atom. The minimum absolute atomic E-state index is 0.510. The lowest BCUT2D eigenvalue weighted by molar-refractivity contribution is 0.198. The molecule has 4 heteroatoms. The van der Waals surface area contributed by atoms with Crippen LogP contribution in [0, 0.1) is 11.3 Å². The molecule has 0 saturated heterocycles. The Morgan fingerprint density at radius 3 is 2.68 bits per heavy atom. The molecule has 2 aromatic rings. The van der Waals surface area contributed by atoms with Crippen molar-refractivity contribution in [2.45, 2.75) is 13.0 Å². The lowest BCUT2D eigenvalue weighted by atomic mass is 10.2. The fourth-order valence-corrected chi connectivity index (χ4v) is 2.04. The molecular formula is C18H20N2O2. The smallest absolute Gasteiger partial charge is 0.121 e. The van der Waals surface area contributed by atoms with Crippen molar-refractivity contribution in [2.24, 2.45) is 0 Å². The Bertz CT molecular complexity index is 621. The number of nitrogens with zero attached hydrogens (tertiary/aromatic N) is 1. The van der Waals surface area contributed by atoms with Gasteiger partial charge in [-0.3, -0.25) is 0 Å². The Morgan fingerprint density at radius 1 is 1.14 bits per heavy atom. The molecule has 4 nitrogen and oxygen atoms in total. The standard InChI is InChI=1S/C18H20N2O2/c1-21-11-5-10-20-18-12-17(9-8-16(18)13-19)22-14-15-6-3-2-4-7-15/h2-4,6-9,12,20H,5,10-11,14H2,1H3. The molecule has 0 radical (unpaired) electrons. The van der Waals surface area contributed by atoms with E-state index in [1.165, 1.54) is 0 Å². The first-order valence-corrected chi connectivity index (χ1v) is 7.27. The lowest BCUT2D eigenvalue weighted by Crippen LogP contribution is -2.06. The van der Waals surface area contributed by atoms with E-state index in [0.29, 0.717) is 18.8 Å². The molecule has 0 aliphatic heterocycles. The van der Waals surface area contributed by atoms with Crippen molar-refractivity contribution in [3.05, 3.63) is 59.7 Å². The average Bonchev–Trinajstić information content (AvgIpc) is 2.58. The van der Waals surface area contributed by atoms with Gasteiger partial charge in [0, 0.05) is 26.3 Å². The first kappa shape index (κ1) is 15.9. The van der Waals surface area contributed by atoms with E-state index < -0.39 is 0 Å². The summed E-state index contributed by atoms with van der Waals surface area (Å²) in [5.74, 6) is 0.747. The Kier molecular flexibility index (Phi) is 6.28. The van der Waals surface area contributed by atoms with Crippen LogP contribution in [0.15, 0.2) is 48.5 Å². The summed E-state index contributed by atoms with van der Waals surface area (Å²) >= 11 is 0. The highest BCUT2D eigenvalue weighted by molar-refractivity contribution is 5.60. The van der Waals surface area contributed by atoms with Crippen molar-refractivity contribution in [2.75, 3.05) is 25.6 Å². The summed E-state index contributed by atoms with van der Waals surface area (Å²) in [5.41, 5.74) is 2.52. The van der Waals surface area contributed by atoms with E-state index in [9.17, 15) is 0 Å². The molecule has 0 aromatic heterocycles. The summed E-state index contributed by atoms with van der Waals surface area (Å²) < 4.78 is 10.8. The number of rotatable bonds is 8. The molecule has 0 aliphatic rings. The predicted molar refractivity (Wildman–Crippen MR) is 86.9 cm³/mol. The third-order valence-corrected chi connectivity index (χ3v) is 3.20. The summed E-state index contributed by atoms with van der Waals surface area (Å²) in [7, 11) is 1.68. The Balaban J connectivity index is 1.98. The quantitative estimate of drug-likeness (QED) is 0.756. The van der Waals surface area contributed by atoms with Gasteiger partial charge in [0.2, 0.25) is 0 Å². The summed E-state index contributed by atoms with van der Waals surface area (Å²) in [6.45, 7) is 1.96. The van der Waals surface area contributed by atoms with Crippen LogP contribution in [-0.2, 0) is 11.3 Å². The molecule has 0 bridgehead atoms. The van der Waals surface area contributed by atoms with Gasteiger partial charge in [-0.2, -0.15) is 5.26 Å². The van der Waals surface area contributed by atoms with E-state index in [-0.39, 0.29) is 0 Å². The number of methoxy groups -OCH3 is 1. The molecule has 0 aliphatic carbocycles. The van der Waals surface area contributed by atoms with Crippen molar-refractivity contribution in [1.29, 1.82) is 5.26 Å². The second-order valence-corrected chi connectivity index (χ2v) is 4.87. The molecule has 0 heterocycles. The first-order valence-electron chi connectivity index (χ1n) is 7.27. The molecule has 0 fully saturated rings. The van der Waals surface area contributed by atoms with Gasteiger partial charge in [-0.25, -0.2) is 0 Å². The first-order chi connectivity index (χ1) is 10.8. The van der Waals surface area contributed by atoms with Crippen molar-refractivity contribution >= 4 is 5.69 Å². The number of benzene rings is 2. The number of nitrogens with one attached hydrogen (secondary N) is 1. The third-order valence-electron chi connectivity index (χ3n) is 3.20. The lowest BCUT2D eigenvalue weighted by Gasteiger charge is -2.11. The van der Waals surface area contributed by atoms with Gasteiger partial charge < -0.3 is 14.8 Å². The van der Waals surface area contributed by atoms with E-state index in [0.717, 1.165) is 30.0 Å². The SMILES string of the molecule is COCCCNc1cc(OCc2ccccc2)ccc1C#N. The fourth-order valence-electron chi connectivity index (χ4n) is 2.04. The second-order valence-electron chi connectivity index (χ2n) is 4.87. The van der Waals surface area contributed by atoms with Crippen LogP contribution in [0.5, 0.6) is 5.75 Å². The van der Waals surface area contributed by atoms with Crippen LogP contribution in [0.25, 0.3) is 0 Å². The highest BCUT2D eigenvalue weighted by Gasteiger charge is 2.04. The van der Waals surface area contributed by atoms with Crippen LogP contribution in [0.1, 0.15) is 17.5 Å². The second kappa shape index (κ2) is 8.71. The van der Waals surface area contributed by atoms with Crippen molar-refractivity contribution in [3.63, 3.8) is 0 Å². The van der Waals surface area contributed by atoms with Gasteiger partial charge in [0.1, 0.15) is 18.4 Å². The molecule has 0 spiro atoms. The van der Waals surface area contributed by atoms with Crippen molar-refractivity contribution in [1.82, 2.24) is 0 Å². The van der Waals surface area contributed by atoms with Gasteiger partial charge in [-0.1, -0.05) is 30.3 Å². The Hall–Kier alpha value is -2.51. The van der Waals surface area contributed by atoms with E-state index in [2.05, 4.69) is 11.4 Å². The molecule has 2 aromatic carbocycles. The van der Waals surface area contributed by atoms with Crippen LogP contribution in [0.2, 0.25) is 0 Å². The summed E-state index contributed by atoms with van der Waals surface area (Å²) in [5, 5.41) is 12.4. The van der Waals surface area contributed by atoms with Crippen LogP contribution in [0.4, 0.5) is 5.69 Å². The highest BCUT2D eigenvalue weighted by Crippen LogP contribution is 2.23. The monoisotopic (exact) mass is 296 g/mol. The van der Waals surface area contributed by atoms with Crippen LogP contribution < -0.4 is 10.1 Å². The van der Waals surface area contributed by atoms with Gasteiger partial charge in [0.05, 0.1) is 11.3 Å². The van der Waals surface area contributed by atoms with Crippen LogP contribution >= 0.6 is 0 Å². The number of anilines is 1. The summed E-state index contributed by atoms with van der Waals surface area (Å²) in [6.07, 6.45) is 0.885. The zero-order valence-corrected chi connectivity index (χ0v) is 12.7. The van der Waals surface area contributed by atoms with Crippen molar-refractivity contribution < 1.29 is 9.47 Å². The molecule has 0 unspecified atom stereocenters. The van der Waals surface area contributed by atoms with Gasteiger partial charge in [-0.15, -0.1) is 0 Å². The summed E-state index contributed by atoms with van der Waals surface area (Å²) in [4.78, 5) is 0. The van der Waals surface area contributed by atoms with E-state index in [1.807, 2.05) is 42.5 Å². The largest absolute Gasteiger partial charge is 0.489 e. The maximum Gasteiger partial charge on any atom is 0.121 e. The van der Waals surface area contributed by atoms with Crippen molar-refractivity contribution in [3.8, 4) is 11.8 Å². The average molecular weight is 296 g/mol. The van der Waals surface area contributed by atoms with E-state index in [4.69, 9.17) is 14.7 Å². The molecular weight excluding hydrogens is 276 g/mol. The predicted octanol–water partition coefficient (Wildman–Crippen LogP) is 3.59. The van der Waals surface area contributed by atoms with Crippen LogP contribution in [0.3, 0.4) is 0 Å². The zero-order valence-electron chi connectivity index (χ0n) is 12.7. The third kappa shape index (κ3) is 4.80. The molecule has 0 saturated carbocycles. The van der Waals surface area contributed by atoms with Gasteiger partial charge in [0.25, 0.3) is 0 Å². The zero-order chi connectivity index (χ0) is 15.6. The molecule has 114 valence electrons. The van der Waals surface area contributed by atoms with Crippen LogP contribution in [-0.4, -0.2) is 20.3 Å². The Labute approximate surface area is 131 Å². The molecule has 2 rings (SSSR count). The molecule has 1 N–H and O–H groups in total. The molecule has 0 amide bonds. The van der Waals surface area contributed by atoms with Gasteiger partial charge in [0.15, 0.2) is 0 Å². The molecule has 0 atom stereocenters. The number of hydrogen-bond donors (Lipinski definition) is 1. The minimum atomic E-state index is 0.510. The highest BCUT2D eigenvalue weighted by atomic mass is 16.5. The number of ether oxygens (including phenoxy) is 2. The minimum Gasteiger partial charge on any atom is -0.489 e. The number of hydrogen-bond acceptors (Lipinski definition) is 4. The number of nitriles is 1. The fraction of sp³-hybridized carbons (Fsp3) is 0.278. The summed E-state index contributed by atoms with van der Waals surface area (Å²) in [6, 6.07) is 17.7. The van der Waals surface area contributed by atoms with E-state index >= 15 is 0 Å². The normalized spacial score (nSPS) is 10.0. The van der Waals surface area contributed by atoms with Gasteiger partial charge >= 0.3 is 0 Å². The van der Waals surface area contributed by atoms with E-state index in [1.54, 1.807) is 13.2 Å². The topological polar surface area (TPSA) is 54.3 Å². The van der Waals surface area contributed by atoms with Gasteiger partial charge in [-0.05, 0) is 24.1 Å². The maximum absolute atomic E-state index is 9.16. The maximum atomic E-state index is 9.16.